The van der Waals surface area contributed by atoms with Gasteiger partial charge in [0.1, 0.15) is 0 Å². The van der Waals surface area contributed by atoms with Crippen LogP contribution in [0.15, 0.2) is 36.8 Å². The molecule has 2 heterocycles. The fourth-order valence-electron chi connectivity index (χ4n) is 3.63. The number of carbonyl (C=O) groups excluding carboxylic acids is 1. The largest absolute Gasteiger partial charge is 0.336 e. The van der Waals surface area contributed by atoms with Gasteiger partial charge in [-0.3, -0.25) is 4.79 Å². The second-order valence-corrected chi connectivity index (χ2v) is 8.27. The zero-order valence-corrected chi connectivity index (χ0v) is 13.9. The molecule has 122 valence electrons. The molecule has 4 nitrogen and oxygen atoms in total. The lowest BCUT2D eigenvalue weighted by molar-refractivity contribution is -0.140. The first kappa shape index (κ1) is 17.0. The molecule has 2 aliphatic rings. The summed E-state index contributed by atoms with van der Waals surface area (Å²) in [5, 5.41) is 1.24. The Labute approximate surface area is 133 Å². The molecule has 0 aromatic rings. The first-order chi connectivity index (χ1) is 10.4. The summed E-state index contributed by atoms with van der Waals surface area (Å²) in [4.78, 5) is 14.7. The number of amides is 1. The minimum absolute atomic E-state index is 0.0511. The number of hydrogen-bond donors (Lipinski definition) is 0. The Hall–Kier alpha value is -1.36. The molecule has 0 radical (unpaired) electrons. The SMILES string of the molecule is C=CCC1(CC=C)CCCCN1C(=O)C[C@H]1C=CS(=O)(=O)C1. The number of rotatable bonds is 6. The van der Waals surface area contributed by atoms with Crippen molar-refractivity contribution in [1.82, 2.24) is 4.90 Å². The smallest absolute Gasteiger partial charge is 0.223 e. The van der Waals surface area contributed by atoms with Crippen molar-refractivity contribution in [2.45, 2.75) is 44.1 Å². The lowest BCUT2D eigenvalue weighted by Crippen LogP contribution is -2.54. The van der Waals surface area contributed by atoms with Gasteiger partial charge in [0, 0.05) is 29.8 Å². The maximum atomic E-state index is 12.8. The van der Waals surface area contributed by atoms with Crippen LogP contribution < -0.4 is 0 Å². The summed E-state index contributed by atoms with van der Waals surface area (Å²) in [5.41, 5.74) is -0.222. The van der Waals surface area contributed by atoms with Gasteiger partial charge in [-0.15, -0.1) is 13.2 Å². The number of allylic oxidation sites excluding steroid dienone is 1. The summed E-state index contributed by atoms with van der Waals surface area (Å²) in [5.74, 6) is -0.0811. The molecule has 0 saturated carbocycles. The Morgan fingerprint density at radius 1 is 1.27 bits per heavy atom. The van der Waals surface area contributed by atoms with Gasteiger partial charge in [0.25, 0.3) is 0 Å². The third kappa shape index (κ3) is 3.69. The highest BCUT2D eigenvalue weighted by atomic mass is 32.2. The molecule has 1 atom stereocenters. The van der Waals surface area contributed by atoms with Gasteiger partial charge in [-0.1, -0.05) is 18.2 Å². The van der Waals surface area contributed by atoms with Crippen molar-refractivity contribution in [1.29, 1.82) is 0 Å². The van der Waals surface area contributed by atoms with Crippen molar-refractivity contribution in [3.05, 3.63) is 36.8 Å². The maximum absolute atomic E-state index is 12.8. The highest BCUT2D eigenvalue weighted by Gasteiger charge is 2.40. The number of carbonyl (C=O) groups is 1. The molecule has 0 aliphatic carbocycles. The Balaban J connectivity index is 2.12. The number of sulfone groups is 1. The van der Waals surface area contributed by atoms with E-state index in [0.29, 0.717) is 0 Å². The van der Waals surface area contributed by atoms with Crippen molar-refractivity contribution in [2.75, 3.05) is 12.3 Å². The zero-order chi connectivity index (χ0) is 16.2. The van der Waals surface area contributed by atoms with E-state index >= 15 is 0 Å². The highest BCUT2D eigenvalue weighted by molar-refractivity contribution is 7.94. The Morgan fingerprint density at radius 3 is 2.50 bits per heavy atom. The fraction of sp³-hybridized carbons (Fsp3) is 0.588. The van der Waals surface area contributed by atoms with Crippen molar-refractivity contribution in [3.63, 3.8) is 0 Å². The van der Waals surface area contributed by atoms with Crippen molar-refractivity contribution >= 4 is 15.7 Å². The van der Waals surface area contributed by atoms with E-state index in [1.165, 1.54) is 5.41 Å². The summed E-state index contributed by atoms with van der Waals surface area (Å²) >= 11 is 0. The third-order valence-electron chi connectivity index (χ3n) is 4.64. The van der Waals surface area contributed by atoms with Gasteiger partial charge in [0.15, 0.2) is 9.84 Å². The second kappa shape index (κ2) is 6.82. The van der Waals surface area contributed by atoms with Crippen LogP contribution >= 0.6 is 0 Å². The quantitative estimate of drug-likeness (QED) is 0.706. The lowest BCUT2D eigenvalue weighted by Gasteiger charge is -2.47. The number of hydrogen-bond acceptors (Lipinski definition) is 3. The van der Waals surface area contributed by atoms with E-state index in [4.69, 9.17) is 0 Å². The van der Waals surface area contributed by atoms with Crippen LogP contribution in [0, 0.1) is 5.92 Å². The van der Waals surface area contributed by atoms with Crippen molar-refractivity contribution in [2.24, 2.45) is 5.92 Å². The predicted molar refractivity (Wildman–Crippen MR) is 89.0 cm³/mol. The van der Waals surface area contributed by atoms with E-state index in [0.717, 1.165) is 38.6 Å². The predicted octanol–water partition coefficient (Wildman–Crippen LogP) is 2.84. The highest BCUT2D eigenvalue weighted by Crippen LogP contribution is 2.36. The van der Waals surface area contributed by atoms with Crippen LogP contribution in [0.1, 0.15) is 38.5 Å². The molecule has 22 heavy (non-hydrogen) atoms. The Morgan fingerprint density at radius 2 is 1.95 bits per heavy atom. The summed E-state index contributed by atoms with van der Waals surface area (Å²) < 4.78 is 23.0. The molecule has 2 rings (SSSR count). The molecule has 1 fully saturated rings. The van der Waals surface area contributed by atoms with Crippen LogP contribution in [0.5, 0.6) is 0 Å². The first-order valence-electron chi connectivity index (χ1n) is 7.86. The lowest BCUT2D eigenvalue weighted by atomic mass is 9.80. The van der Waals surface area contributed by atoms with Gasteiger partial charge in [-0.25, -0.2) is 8.42 Å². The monoisotopic (exact) mass is 323 g/mol. The average molecular weight is 323 g/mol. The van der Waals surface area contributed by atoms with Crippen LogP contribution in [0.25, 0.3) is 0 Å². The van der Waals surface area contributed by atoms with Crippen LogP contribution in [-0.4, -0.2) is 37.1 Å². The fourth-order valence-corrected chi connectivity index (χ4v) is 5.03. The van der Waals surface area contributed by atoms with E-state index in [2.05, 4.69) is 13.2 Å². The molecule has 0 N–H and O–H groups in total. The number of nitrogens with zero attached hydrogens (tertiary/aromatic N) is 1. The van der Waals surface area contributed by atoms with Crippen LogP contribution in [0.3, 0.4) is 0 Å². The van der Waals surface area contributed by atoms with Crippen LogP contribution in [-0.2, 0) is 14.6 Å². The molecule has 0 aromatic heterocycles. The van der Waals surface area contributed by atoms with E-state index in [-0.39, 0.29) is 29.5 Å². The van der Waals surface area contributed by atoms with Gasteiger partial charge >= 0.3 is 0 Å². The molecular formula is C17H25NO3S. The average Bonchev–Trinajstić information content (AvgIpc) is 2.79. The van der Waals surface area contributed by atoms with Crippen LogP contribution in [0.4, 0.5) is 0 Å². The minimum Gasteiger partial charge on any atom is -0.336 e. The van der Waals surface area contributed by atoms with Crippen molar-refractivity contribution in [3.8, 4) is 0 Å². The van der Waals surface area contributed by atoms with Gasteiger partial charge in [0.05, 0.1) is 5.75 Å². The molecule has 2 aliphatic heterocycles. The van der Waals surface area contributed by atoms with Gasteiger partial charge in [0.2, 0.25) is 5.91 Å². The summed E-state index contributed by atoms with van der Waals surface area (Å²) in [6.07, 6.45) is 10.2. The first-order valence-corrected chi connectivity index (χ1v) is 9.57. The molecule has 1 amide bonds. The minimum atomic E-state index is -3.10. The standard InChI is InChI=1S/C17H25NO3S/c1-3-8-17(9-4-2)10-5-6-11-18(17)16(19)13-15-7-12-22(20,21)14-15/h3-4,7,12,15H,1-2,5-6,8-11,13-14H2/t15-/m1/s1. The second-order valence-electron chi connectivity index (χ2n) is 6.33. The molecular weight excluding hydrogens is 298 g/mol. The molecule has 0 spiro atoms. The Bertz CT molecular complexity index is 567. The normalized spacial score (nSPS) is 25.8. The number of piperidine rings is 1. The molecule has 1 saturated heterocycles. The molecule has 0 unspecified atom stereocenters. The van der Waals surface area contributed by atoms with E-state index in [1.54, 1.807) is 6.08 Å². The third-order valence-corrected chi connectivity index (χ3v) is 6.10. The summed E-state index contributed by atoms with van der Waals surface area (Å²) in [6, 6.07) is 0. The number of likely N-dealkylation sites (tertiary alicyclic amines) is 1. The molecule has 0 bridgehead atoms. The van der Waals surface area contributed by atoms with E-state index in [1.807, 2.05) is 17.1 Å². The maximum Gasteiger partial charge on any atom is 0.223 e. The van der Waals surface area contributed by atoms with Gasteiger partial charge in [-0.2, -0.15) is 0 Å². The van der Waals surface area contributed by atoms with Crippen LogP contribution in [0.2, 0.25) is 0 Å². The van der Waals surface area contributed by atoms with Gasteiger partial charge in [-0.05, 0) is 32.1 Å². The van der Waals surface area contributed by atoms with E-state index < -0.39 is 9.84 Å². The van der Waals surface area contributed by atoms with Crippen molar-refractivity contribution < 1.29 is 13.2 Å². The zero-order valence-electron chi connectivity index (χ0n) is 13.0. The Kier molecular flexibility index (Phi) is 5.27. The summed E-state index contributed by atoms with van der Waals surface area (Å²) in [7, 11) is -3.10. The van der Waals surface area contributed by atoms with Gasteiger partial charge < -0.3 is 4.90 Å². The molecule has 5 heteroatoms. The van der Waals surface area contributed by atoms with E-state index in [9.17, 15) is 13.2 Å². The topological polar surface area (TPSA) is 54.5 Å². The molecule has 0 aromatic carbocycles. The summed E-state index contributed by atoms with van der Waals surface area (Å²) in [6.45, 7) is 8.41.